The molecule has 1 aromatic rings. The van der Waals surface area contributed by atoms with Gasteiger partial charge in [0.15, 0.2) is 0 Å². The second kappa shape index (κ2) is 8.35. The average Bonchev–Trinajstić information content (AvgIpc) is 2.59. The van der Waals surface area contributed by atoms with Crippen LogP contribution >= 0.6 is 11.6 Å². The van der Waals surface area contributed by atoms with Crippen molar-refractivity contribution in [3.63, 3.8) is 0 Å². The van der Waals surface area contributed by atoms with Crippen molar-refractivity contribution >= 4 is 27.5 Å². The monoisotopic (exact) mass is 390 g/mol. The number of methoxy groups -OCH3 is 1. The van der Waals surface area contributed by atoms with E-state index in [1.165, 1.54) is 25.3 Å². The van der Waals surface area contributed by atoms with Crippen molar-refractivity contribution in [1.82, 2.24) is 9.62 Å². The third-order valence-corrected chi connectivity index (χ3v) is 5.65. The van der Waals surface area contributed by atoms with Crippen molar-refractivity contribution in [3.8, 4) is 5.75 Å². The molecule has 1 aliphatic heterocycles. The lowest BCUT2D eigenvalue weighted by molar-refractivity contribution is -0.138. The van der Waals surface area contributed by atoms with Gasteiger partial charge in [-0.15, -0.1) is 0 Å². The van der Waals surface area contributed by atoms with Crippen molar-refractivity contribution in [2.45, 2.75) is 24.8 Å². The minimum atomic E-state index is -3.99. The van der Waals surface area contributed by atoms with Gasteiger partial charge in [0.1, 0.15) is 16.7 Å². The van der Waals surface area contributed by atoms with Crippen LogP contribution in [0, 0.1) is 5.92 Å². The number of nitrogens with zero attached hydrogens (tertiary/aromatic N) is 1. The molecular weight excluding hydrogens is 368 g/mol. The highest BCUT2D eigenvalue weighted by molar-refractivity contribution is 7.89. The number of sulfonamides is 1. The van der Waals surface area contributed by atoms with Gasteiger partial charge in [0.2, 0.25) is 15.9 Å². The van der Waals surface area contributed by atoms with E-state index in [0.29, 0.717) is 26.3 Å². The summed E-state index contributed by atoms with van der Waals surface area (Å²) in [5.74, 6) is -0.323. The number of benzene rings is 1. The summed E-state index contributed by atoms with van der Waals surface area (Å²) in [4.78, 5) is 14.3. The summed E-state index contributed by atoms with van der Waals surface area (Å²) in [6.45, 7) is 5.38. The Morgan fingerprint density at radius 3 is 2.52 bits per heavy atom. The minimum Gasteiger partial charge on any atom is -0.495 e. The van der Waals surface area contributed by atoms with Crippen molar-refractivity contribution in [3.05, 3.63) is 23.2 Å². The lowest BCUT2D eigenvalue weighted by Crippen LogP contribution is -2.53. The third-order valence-electron chi connectivity index (χ3n) is 3.95. The van der Waals surface area contributed by atoms with E-state index in [4.69, 9.17) is 21.1 Å². The van der Waals surface area contributed by atoms with Gasteiger partial charge in [0.05, 0.1) is 20.3 Å². The maximum Gasteiger partial charge on any atom is 0.245 e. The zero-order valence-electron chi connectivity index (χ0n) is 14.5. The van der Waals surface area contributed by atoms with Gasteiger partial charge in [-0.3, -0.25) is 4.79 Å². The van der Waals surface area contributed by atoms with Crippen LogP contribution in [0.25, 0.3) is 0 Å². The molecule has 0 bridgehead atoms. The number of carbonyl (C=O) groups is 1. The van der Waals surface area contributed by atoms with Crippen LogP contribution in [0.1, 0.15) is 13.8 Å². The molecule has 140 valence electrons. The third kappa shape index (κ3) is 4.84. The average molecular weight is 391 g/mol. The predicted octanol–water partition coefficient (Wildman–Crippen LogP) is 1.51. The molecular formula is C16H23ClN2O5S. The number of hydrogen-bond donors (Lipinski definition) is 1. The molecule has 0 saturated carbocycles. The Balaban J connectivity index is 2.29. The Bertz CT molecular complexity index is 717. The van der Waals surface area contributed by atoms with E-state index in [9.17, 15) is 13.2 Å². The number of nitrogens with one attached hydrogen (secondary N) is 1. The van der Waals surface area contributed by atoms with Crippen LogP contribution in [0.3, 0.4) is 0 Å². The number of rotatable bonds is 6. The largest absolute Gasteiger partial charge is 0.495 e. The molecule has 1 aliphatic rings. The molecule has 1 fully saturated rings. The van der Waals surface area contributed by atoms with Crippen LogP contribution in [-0.4, -0.2) is 58.7 Å². The summed E-state index contributed by atoms with van der Waals surface area (Å²) in [5.41, 5.74) is 0. The van der Waals surface area contributed by atoms with E-state index in [1.807, 2.05) is 0 Å². The Morgan fingerprint density at radius 1 is 1.32 bits per heavy atom. The highest BCUT2D eigenvalue weighted by Gasteiger charge is 2.33. The number of amides is 1. The molecule has 7 nitrogen and oxygen atoms in total. The van der Waals surface area contributed by atoms with Gasteiger partial charge in [-0.1, -0.05) is 25.4 Å². The first-order valence-electron chi connectivity index (χ1n) is 7.98. The first kappa shape index (κ1) is 20.0. The molecule has 9 heteroatoms. The zero-order chi connectivity index (χ0) is 18.6. The normalized spacial score (nSPS) is 16.8. The van der Waals surface area contributed by atoms with Crippen molar-refractivity contribution in [2.24, 2.45) is 5.92 Å². The molecule has 25 heavy (non-hydrogen) atoms. The maximum atomic E-state index is 12.8. The standard InChI is InChI=1S/C16H23ClN2O5S/c1-11(2)15(16(20)19-6-8-24-9-7-19)18-25(21,22)14-10-12(17)4-5-13(14)23-3/h4-5,10-11,15,18H,6-9H2,1-3H3/t15-/m1/s1. The van der Waals surface area contributed by atoms with E-state index in [2.05, 4.69) is 4.72 Å². The smallest absolute Gasteiger partial charge is 0.245 e. The summed E-state index contributed by atoms with van der Waals surface area (Å²) in [6.07, 6.45) is 0. The second-order valence-electron chi connectivity index (χ2n) is 6.08. The number of morpholine rings is 1. The van der Waals surface area contributed by atoms with E-state index < -0.39 is 16.1 Å². The molecule has 1 atom stereocenters. The lowest BCUT2D eigenvalue weighted by atomic mass is 10.0. The first-order chi connectivity index (χ1) is 11.8. The first-order valence-corrected chi connectivity index (χ1v) is 9.85. The fourth-order valence-electron chi connectivity index (χ4n) is 2.54. The van der Waals surface area contributed by atoms with Crippen LogP contribution < -0.4 is 9.46 Å². The molecule has 0 aliphatic carbocycles. The van der Waals surface area contributed by atoms with Gasteiger partial charge in [-0.05, 0) is 24.1 Å². The fourth-order valence-corrected chi connectivity index (χ4v) is 4.31. The molecule has 1 heterocycles. The molecule has 1 aromatic carbocycles. The Kier molecular flexibility index (Phi) is 6.67. The molecule has 2 rings (SSSR count). The van der Waals surface area contributed by atoms with Gasteiger partial charge < -0.3 is 14.4 Å². The summed E-state index contributed by atoms with van der Waals surface area (Å²) >= 11 is 5.93. The van der Waals surface area contributed by atoms with Gasteiger partial charge in [-0.25, -0.2) is 8.42 Å². The number of ether oxygens (including phenoxy) is 2. The van der Waals surface area contributed by atoms with Gasteiger partial charge in [0.25, 0.3) is 0 Å². The molecule has 0 spiro atoms. The van der Waals surface area contributed by atoms with Gasteiger partial charge in [0, 0.05) is 18.1 Å². The molecule has 1 N–H and O–H groups in total. The SMILES string of the molecule is COc1ccc(Cl)cc1S(=O)(=O)N[C@@H](C(=O)N1CCOCC1)C(C)C. The topological polar surface area (TPSA) is 84.9 Å². The Morgan fingerprint density at radius 2 is 1.96 bits per heavy atom. The summed E-state index contributed by atoms with van der Waals surface area (Å²) in [7, 11) is -2.62. The summed E-state index contributed by atoms with van der Waals surface area (Å²) in [6, 6.07) is 3.44. The number of carbonyl (C=O) groups excluding carboxylic acids is 1. The maximum absolute atomic E-state index is 12.8. The summed E-state index contributed by atoms with van der Waals surface area (Å²) < 4.78 is 38.5. The highest BCUT2D eigenvalue weighted by atomic mass is 35.5. The Labute approximate surface area is 153 Å². The highest BCUT2D eigenvalue weighted by Crippen LogP contribution is 2.27. The van der Waals surface area contributed by atoms with E-state index in [0.717, 1.165) is 0 Å². The predicted molar refractivity (Wildman–Crippen MR) is 94.4 cm³/mol. The molecule has 0 aromatic heterocycles. The quantitative estimate of drug-likeness (QED) is 0.795. The molecule has 1 amide bonds. The van der Waals surface area contributed by atoms with Gasteiger partial charge in [-0.2, -0.15) is 4.72 Å². The summed E-state index contributed by atoms with van der Waals surface area (Å²) in [5, 5.41) is 0.266. The van der Waals surface area contributed by atoms with E-state index in [1.54, 1.807) is 18.7 Å². The van der Waals surface area contributed by atoms with Crippen LogP contribution in [-0.2, 0) is 19.6 Å². The van der Waals surface area contributed by atoms with Crippen LogP contribution in [0.5, 0.6) is 5.75 Å². The molecule has 0 radical (unpaired) electrons. The van der Waals surface area contributed by atoms with Crippen LogP contribution in [0.4, 0.5) is 0 Å². The van der Waals surface area contributed by atoms with Crippen molar-refractivity contribution in [1.29, 1.82) is 0 Å². The fraction of sp³-hybridized carbons (Fsp3) is 0.562. The number of halogens is 1. The van der Waals surface area contributed by atoms with Crippen LogP contribution in [0.15, 0.2) is 23.1 Å². The molecule has 0 unspecified atom stereocenters. The van der Waals surface area contributed by atoms with Crippen molar-refractivity contribution in [2.75, 3.05) is 33.4 Å². The minimum absolute atomic E-state index is 0.0945. The lowest BCUT2D eigenvalue weighted by Gasteiger charge is -2.32. The Hall–Kier alpha value is -1.35. The van der Waals surface area contributed by atoms with E-state index >= 15 is 0 Å². The van der Waals surface area contributed by atoms with Crippen LogP contribution in [0.2, 0.25) is 5.02 Å². The van der Waals surface area contributed by atoms with Gasteiger partial charge >= 0.3 is 0 Å². The zero-order valence-corrected chi connectivity index (χ0v) is 16.1. The number of hydrogen-bond acceptors (Lipinski definition) is 5. The molecule has 1 saturated heterocycles. The van der Waals surface area contributed by atoms with Crippen molar-refractivity contribution < 1.29 is 22.7 Å². The second-order valence-corrected chi connectivity index (χ2v) is 8.19. The van der Waals surface area contributed by atoms with E-state index in [-0.39, 0.29) is 27.5 Å².